The van der Waals surface area contributed by atoms with E-state index in [9.17, 15) is 4.79 Å². The SMILES string of the molecule is CC(C)(C)OC(=O)N1C2CCC2C[C@H]1C#N. The predicted molar refractivity (Wildman–Crippen MR) is 58.6 cm³/mol. The first-order chi connectivity index (χ1) is 7.42. The van der Waals surface area contributed by atoms with Gasteiger partial charge in [0.1, 0.15) is 11.6 Å². The Morgan fingerprint density at radius 3 is 2.56 bits per heavy atom. The third kappa shape index (κ3) is 1.87. The number of hydrogen-bond acceptors (Lipinski definition) is 3. The molecule has 2 rings (SSSR count). The molecular weight excluding hydrogens is 204 g/mol. The number of rotatable bonds is 0. The van der Waals surface area contributed by atoms with E-state index in [2.05, 4.69) is 6.07 Å². The first-order valence-corrected chi connectivity index (χ1v) is 5.83. The molecule has 0 bridgehead atoms. The maximum atomic E-state index is 12.0. The van der Waals surface area contributed by atoms with Gasteiger partial charge in [-0.15, -0.1) is 0 Å². The first-order valence-electron chi connectivity index (χ1n) is 5.83. The van der Waals surface area contributed by atoms with Crippen LogP contribution in [0.25, 0.3) is 0 Å². The third-order valence-corrected chi connectivity index (χ3v) is 3.35. The fraction of sp³-hybridized carbons (Fsp3) is 0.833. The van der Waals surface area contributed by atoms with E-state index in [1.165, 1.54) is 0 Å². The van der Waals surface area contributed by atoms with Gasteiger partial charge >= 0.3 is 6.09 Å². The number of fused-ring (bicyclic) bond motifs is 1. The van der Waals surface area contributed by atoms with Crippen molar-refractivity contribution in [3.05, 3.63) is 0 Å². The Labute approximate surface area is 96.2 Å². The topological polar surface area (TPSA) is 53.3 Å². The predicted octanol–water partition coefficient (Wildman–Crippen LogP) is 2.30. The second-order valence-electron chi connectivity index (χ2n) is 5.67. The lowest BCUT2D eigenvalue weighted by atomic mass is 9.80. The zero-order valence-electron chi connectivity index (χ0n) is 10.1. The minimum Gasteiger partial charge on any atom is -0.444 e. The fourth-order valence-electron chi connectivity index (χ4n) is 2.52. The Bertz CT molecular complexity index is 340. The van der Waals surface area contributed by atoms with Crippen molar-refractivity contribution in [3.8, 4) is 6.07 Å². The van der Waals surface area contributed by atoms with Crippen LogP contribution in [-0.2, 0) is 4.74 Å². The number of carbonyl (C=O) groups excluding carboxylic acids is 1. The molecule has 4 heteroatoms. The van der Waals surface area contributed by atoms with Crippen LogP contribution in [0.4, 0.5) is 4.79 Å². The molecule has 88 valence electrons. The first kappa shape index (κ1) is 11.3. The lowest BCUT2D eigenvalue weighted by Crippen LogP contribution is -2.47. The fourth-order valence-corrected chi connectivity index (χ4v) is 2.52. The number of likely N-dealkylation sites (tertiary alicyclic amines) is 1. The van der Waals surface area contributed by atoms with Gasteiger partial charge < -0.3 is 4.74 Å². The Kier molecular flexibility index (Phi) is 2.57. The van der Waals surface area contributed by atoms with Crippen molar-refractivity contribution in [1.82, 2.24) is 4.90 Å². The molecule has 0 aromatic heterocycles. The van der Waals surface area contributed by atoms with Gasteiger partial charge in [0.15, 0.2) is 0 Å². The molecule has 3 atom stereocenters. The van der Waals surface area contributed by atoms with Gasteiger partial charge in [0.2, 0.25) is 0 Å². The van der Waals surface area contributed by atoms with E-state index in [0.717, 1.165) is 19.3 Å². The molecule has 0 aromatic rings. The van der Waals surface area contributed by atoms with Crippen molar-refractivity contribution < 1.29 is 9.53 Å². The monoisotopic (exact) mass is 222 g/mol. The maximum absolute atomic E-state index is 12.0. The zero-order chi connectivity index (χ0) is 11.9. The van der Waals surface area contributed by atoms with Gasteiger partial charge in [-0.25, -0.2) is 4.79 Å². The van der Waals surface area contributed by atoms with Gasteiger partial charge in [0, 0.05) is 6.04 Å². The smallest absolute Gasteiger partial charge is 0.411 e. The normalized spacial score (nSPS) is 32.6. The van der Waals surface area contributed by atoms with E-state index < -0.39 is 5.60 Å². The number of nitriles is 1. The molecular formula is C12H18N2O2. The number of hydrogen-bond donors (Lipinski definition) is 0. The summed E-state index contributed by atoms with van der Waals surface area (Å²) in [6.45, 7) is 5.54. The summed E-state index contributed by atoms with van der Waals surface area (Å²) in [5.41, 5.74) is -0.487. The molecule has 2 aliphatic rings. The minimum atomic E-state index is -0.487. The van der Waals surface area contributed by atoms with Crippen molar-refractivity contribution in [2.75, 3.05) is 0 Å². The molecule has 1 aliphatic heterocycles. The molecule has 1 heterocycles. The number of ether oxygens (including phenoxy) is 1. The largest absolute Gasteiger partial charge is 0.444 e. The van der Waals surface area contributed by atoms with Crippen LogP contribution in [0.5, 0.6) is 0 Å². The van der Waals surface area contributed by atoms with E-state index in [1.807, 2.05) is 20.8 Å². The van der Waals surface area contributed by atoms with Crippen LogP contribution >= 0.6 is 0 Å². The highest BCUT2D eigenvalue weighted by Crippen LogP contribution is 2.43. The average Bonchev–Trinajstić information content (AvgIpc) is 2.35. The van der Waals surface area contributed by atoms with Gasteiger partial charge in [-0.3, -0.25) is 4.90 Å². The van der Waals surface area contributed by atoms with E-state index in [0.29, 0.717) is 5.92 Å². The molecule has 16 heavy (non-hydrogen) atoms. The maximum Gasteiger partial charge on any atom is 0.411 e. The highest BCUT2D eigenvalue weighted by molar-refractivity contribution is 5.70. The Hall–Kier alpha value is -1.24. The molecule has 0 N–H and O–H groups in total. The second kappa shape index (κ2) is 3.65. The van der Waals surface area contributed by atoms with Crippen LogP contribution in [0.3, 0.4) is 0 Å². The van der Waals surface area contributed by atoms with Crippen LogP contribution in [0.15, 0.2) is 0 Å². The van der Waals surface area contributed by atoms with E-state index in [-0.39, 0.29) is 18.2 Å². The molecule has 2 fully saturated rings. The second-order valence-corrected chi connectivity index (χ2v) is 5.67. The number of carbonyl (C=O) groups is 1. The van der Waals surface area contributed by atoms with Crippen molar-refractivity contribution >= 4 is 6.09 Å². The summed E-state index contributed by atoms with van der Waals surface area (Å²) >= 11 is 0. The van der Waals surface area contributed by atoms with E-state index in [4.69, 9.17) is 10.00 Å². The van der Waals surface area contributed by atoms with Gasteiger partial charge in [0.05, 0.1) is 6.07 Å². The zero-order valence-corrected chi connectivity index (χ0v) is 10.1. The summed E-state index contributed by atoms with van der Waals surface area (Å²) in [6.07, 6.45) is 2.65. The lowest BCUT2D eigenvalue weighted by Gasteiger charge is -2.37. The lowest BCUT2D eigenvalue weighted by molar-refractivity contribution is 0.00939. The average molecular weight is 222 g/mol. The van der Waals surface area contributed by atoms with Crippen molar-refractivity contribution in [2.24, 2.45) is 5.92 Å². The van der Waals surface area contributed by atoms with Crippen LogP contribution in [0.2, 0.25) is 0 Å². The molecule has 1 saturated carbocycles. The van der Waals surface area contributed by atoms with Crippen LogP contribution in [0, 0.1) is 17.2 Å². The minimum absolute atomic E-state index is 0.250. The molecule has 4 nitrogen and oxygen atoms in total. The van der Waals surface area contributed by atoms with E-state index in [1.54, 1.807) is 4.90 Å². The molecule has 0 spiro atoms. The summed E-state index contributed by atoms with van der Waals surface area (Å²) in [4.78, 5) is 13.6. The quantitative estimate of drug-likeness (QED) is 0.632. The van der Waals surface area contributed by atoms with Crippen molar-refractivity contribution in [3.63, 3.8) is 0 Å². The molecule has 0 radical (unpaired) electrons. The highest BCUT2D eigenvalue weighted by Gasteiger charge is 2.49. The van der Waals surface area contributed by atoms with Gasteiger partial charge in [-0.1, -0.05) is 0 Å². The Morgan fingerprint density at radius 2 is 2.12 bits per heavy atom. The number of amides is 1. The van der Waals surface area contributed by atoms with Gasteiger partial charge in [-0.05, 0) is 46.0 Å². The molecule has 1 aliphatic carbocycles. The van der Waals surface area contributed by atoms with Crippen LogP contribution in [0.1, 0.15) is 40.0 Å². The molecule has 0 aromatic carbocycles. The van der Waals surface area contributed by atoms with Gasteiger partial charge in [-0.2, -0.15) is 5.26 Å². The third-order valence-electron chi connectivity index (χ3n) is 3.35. The molecule has 1 saturated heterocycles. The van der Waals surface area contributed by atoms with Crippen molar-refractivity contribution in [1.29, 1.82) is 5.26 Å². The van der Waals surface area contributed by atoms with Crippen molar-refractivity contribution in [2.45, 2.75) is 57.7 Å². The van der Waals surface area contributed by atoms with E-state index >= 15 is 0 Å². The summed E-state index contributed by atoms with van der Waals surface area (Å²) in [5, 5.41) is 9.05. The molecule has 2 unspecified atom stereocenters. The standard InChI is InChI=1S/C12H18N2O2/c1-12(2,3)16-11(15)14-9(7-13)6-8-4-5-10(8)14/h8-10H,4-6H2,1-3H3/t8?,9-,10?/m0/s1. The summed E-state index contributed by atoms with van der Waals surface area (Å²) in [5.74, 6) is 0.525. The summed E-state index contributed by atoms with van der Waals surface area (Å²) in [6, 6.07) is 2.17. The summed E-state index contributed by atoms with van der Waals surface area (Å²) in [7, 11) is 0. The molecule has 1 amide bonds. The Morgan fingerprint density at radius 1 is 1.44 bits per heavy atom. The number of nitrogens with zero attached hydrogens (tertiary/aromatic N) is 2. The van der Waals surface area contributed by atoms with Gasteiger partial charge in [0.25, 0.3) is 0 Å². The van der Waals surface area contributed by atoms with Crippen LogP contribution in [-0.4, -0.2) is 28.7 Å². The summed E-state index contributed by atoms with van der Waals surface area (Å²) < 4.78 is 5.34. The highest BCUT2D eigenvalue weighted by atomic mass is 16.6. The Balaban J connectivity index is 2.07. The van der Waals surface area contributed by atoms with Crippen LogP contribution < -0.4 is 0 Å².